The minimum atomic E-state index is -1.03. The highest BCUT2D eigenvalue weighted by Gasteiger charge is 2.33. The third-order valence-corrected chi connectivity index (χ3v) is 7.15. The lowest BCUT2D eigenvalue weighted by Crippen LogP contribution is -2.57. The van der Waals surface area contributed by atoms with Crippen molar-refractivity contribution in [1.82, 2.24) is 15.5 Å². The molecule has 3 aromatic carbocycles. The van der Waals surface area contributed by atoms with Crippen molar-refractivity contribution in [2.45, 2.75) is 78.2 Å². The van der Waals surface area contributed by atoms with Gasteiger partial charge in [-0.2, -0.15) is 0 Å². The van der Waals surface area contributed by atoms with Crippen LogP contribution in [0.5, 0.6) is 5.75 Å². The SMILES string of the molecule is CC(C)CC(NC(=O)C(Cc1ccccc1)NC(=O)OC(C)(C)C)C(=O)N(CCc1ccc(OCc2ccccc2)cc1)C(=O)CN. The van der Waals surface area contributed by atoms with Crippen LogP contribution in [-0.4, -0.2) is 59.5 Å². The van der Waals surface area contributed by atoms with Gasteiger partial charge >= 0.3 is 6.09 Å². The maximum absolute atomic E-state index is 13.9. The first-order valence-corrected chi connectivity index (χ1v) is 16.0. The number of carbonyl (C=O) groups excluding carboxylic acids is 4. The molecule has 4 N–H and O–H groups in total. The van der Waals surface area contributed by atoms with Gasteiger partial charge in [0.05, 0.1) is 6.54 Å². The summed E-state index contributed by atoms with van der Waals surface area (Å²) in [5, 5.41) is 5.48. The summed E-state index contributed by atoms with van der Waals surface area (Å²) < 4.78 is 11.3. The van der Waals surface area contributed by atoms with Crippen molar-refractivity contribution in [3.63, 3.8) is 0 Å². The van der Waals surface area contributed by atoms with E-state index in [-0.39, 0.29) is 31.8 Å². The number of rotatable bonds is 15. The van der Waals surface area contributed by atoms with Crippen molar-refractivity contribution in [1.29, 1.82) is 0 Å². The van der Waals surface area contributed by atoms with Gasteiger partial charge in [0.2, 0.25) is 11.8 Å². The predicted octanol–water partition coefficient (Wildman–Crippen LogP) is 4.79. The standard InChI is InChI=1S/C37H48N4O6/c1-26(2)22-32(39-34(43)31(23-28-12-8-6-9-13-28)40-36(45)47-37(3,4)5)35(44)41(33(42)24-38)21-20-27-16-18-30(19-17-27)46-25-29-14-10-7-11-15-29/h6-19,26,31-32H,20-25,38H2,1-5H3,(H,39,43)(H,40,45). The fourth-order valence-corrected chi connectivity index (χ4v) is 4.86. The van der Waals surface area contributed by atoms with Crippen LogP contribution in [0.1, 0.15) is 57.7 Å². The van der Waals surface area contributed by atoms with E-state index in [1.165, 1.54) is 0 Å². The minimum absolute atomic E-state index is 0.00824. The normalized spacial score (nSPS) is 12.5. The molecule has 0 aliphatic heterocycles. The number of imide groups is 1. The van der Waals surface area contributed by atoms with Gasteiger partial charge in [-0.05, 0) is 68.4 Å². The molecule has 4 amide bonds. The molecule has 3 aromatic rings. The number of nitrogens with two attached hydrogens (primary N) is 1. The van der Waals surface area contributed by atoms with Gasteiger partial charge in [-0.15, -0.1) is 0 Å². The summed E-state index contributed by atoms with van der Waals surface area (Å²) in [7, 11) is 0. The number of ether oxygens (including phenoxy) is 2. The van der Waals surface area contributed by atoms with E-state index in [2.05, 4.69) is 10.6 Å². The number of amides is 4. The molecule has 0 spiro atoms. The molecule has 0 bridgehead atoms. The molecule has 252 valence electrons. The molecule has 47 heavy (non-hydrogen) atoms. The Morgan fingerprint density at radius 3 is 1.94 bits per heavy atom. The Kier molecular flexibility index (Phi) is 14.0. The highest BCUT2D eigenvalue weighted by Crippen LogP contribution is 2.16. The minimum Gasteiger partial charge on any atom is -0.489 e. The average Bonchev–Trinajstić information content (AvgIpc) is 3.03. The maximum atomic E-state index is 13.9. The zero-order valence-corrected chi connectivity index (χ0v) is 28.0. The molecule has 0 heterocycles. The Balaban J connectivity index is 1.73. The van der Waals surface area contributed by atoms with Crippen LogP contribution in [0.15, 0.2) is 84.9 Å². The Morgan fingerprint density at radius 2 is 1.38 bits per heavy atom. The lowest BCUT2D eigenvalue weighted by Gasteiger charge is -2.29. The van der Waals surface area contributed by atoms with E-state index in [9.17, 15) is 19.2 Å². The zero-order chi connectivity index (χ0) is 34.4. The number of hydrogen-bond donors (Lipinski definition) is 3. The Morgan fingerprint density at radius 1 is 0.787 bits per heavy atom. The van der Waals surface area contributed by atoms with E-state index < -0.39 is 41.5 Å². The zero-order valence-electron chi connectivity index (χ0n) is 28.0. The highest BCUT2D eigenvalue weighted by atomic mass is 16.6. The van der Waals surface area contributed by atoms with Crippen LogP contribution in [0, 0.1) is 5.92 Å². The number of benzene rings is 3. The van der Waals surface area contributed by atoms with Gasteiger partial charge < -0.3 is 25.8 Å². The third-order valence-electron chi connectivity index (χ3n) is 7.15. The van der Waals surface area contributed by atoms with E-state index in [0.29, 0.717) is 18.8 Å². The monoisotopic (exact) mass is 644 g/mol. The summed E-state index contributed by atoms with van der Waals surface area (Å²) in [6.45, 7) is 9.18. The molecule has 0 fully saturated rings. The number of carbonyl (C=O) groups is 4. The number of nitrogens with zero attached hydrogens (tertiary/aromatic N) is 1. The second kappa shape index (κ2) is 17.9. The van der Waals surface area contributed by atoms with Crippen molar-refractivity contribution < 1.29 is 28.7 Å². The molecule has 0 saturated heterocycles. The predicted molar refractivity (Wildman–Crippen MR) is 181 cm³/mol. The van der Waals surface area contributed by atoms with Crippen LogP contribution in [0.4, 0.5) is 4.79 Å². The summed E-state index contributed by atoms with van der Waals surface area (Å²) in [5.41, 5.74) is 7.71. The number of hydrogen-bond acceptors (Lipinski definition) is 7. The molecule has 10 nitrogen and oxygen atoms in total. The molecule has 0 radical (unpaired) electrons. The van der Waals surface area contributed by atoms with Gasteiger partial charge in [-0.25, -0.2) is 4.79 Å². The Bertz CT molecular complexity index is 1440. The first kappa shape index (κ1) is 36.8. The second-order valence-electron chi connectivity index (χ2n) is 12.8. The summed E-state index contributed by atoms with van der Waals surface area (Å²) in [4.78, 5) is 54.3. The van der Waals surface area contributed by atoms with Crippen LogP contribution in [-0.2, 0) is 38.6 Å². The van der Waals surface area contributed by atoms with Gasteiger partial charge in [0.1, 0.15) is 30.0 Å². The lowest BCUT2D eigenvalue weighted by atomic mass is 10.00. The summed E-state index contributed by atoms with van der Waals surface area (Å²) in [6, 6.07) is 24.5. The molecular weight excluding hydrogens is 596 g/mol. The van der Waals surface area contributed by atoms with Gasteiger partial charge in [-0.1, -0.05) is 86.6 Å². The molecule has 0 aromatic heterocycles. The van der Waals surface area contributed by atoms with Crippen LogP contribution in [0.3, 0.4) is 0 Å². The smallest absolute Gasteiger partial charge is 0.408 e. The third kappa shape index (κ3) is 12.9. The van der Waals surface area contributed by atoms with Crippen molar-refractivity contribution >= 4 is 23.8 Å². The molecule has 2 atom stereocenters. The van der Waals surface area contributed by atoms with Crippen LogP contribution >= 0.6 is 0 Å². The molecule has 3 rings (SSSR count). The number of alkyl carbamates (subject to hydrolysis) is 1. The molecule has 0 aliphatic rings. The quantitative estimate of drug-likeness (QED) is 0.216. The van der Waals surface area contributed by atoms with Gasteiger partial charge in [0, 0.05) is 13.0 Å². The first-order chi connectivity index (χ1) is 22.3. The van der Waals surface area contributed by atoms with Crippen LogP contribution in [0.25, 0.3) is 0 Å². The van der Waals surface area contributed by atoms with E-state index in [1.807, 2.05) is 98.8 Å². The molecular formula is C37H48N4O6. The van der Waals surface area contributed by atoms with E-state index in [1.54, 1.807) is 20.8 Å². The topological polar surface area (TPSA) is 140 Å². The van der Waals surface area contributed by atoms with E-state index in [0.717, 1.165) is 21.6 Å². The molecule has 2 unspecified atom stereocenters. The molecule has 0 aliphatic carbocycles. The van der Waals surface area contributed by atoms with E-state index in [4.69, 9.17) is 15.2 Å². The molecule has 0 saturated carbocycles. The highest BCUT2D eigenvalue weighted by molar-refractivity contribution is 6.00. The fraction of sp³-hybridized carbons (Fsp3) is 0.405. The summed E-state index contributed by atoms with van der Waals surface area (Å²) in [5.74, 6) is -0.957. The first-order valence-electron chi connectivity index (χ1n) is 16.0. The largest absolute Gasteiger partial charge is 0.489 e. The van der Waals surface area contributed by atoms with Crippen molar-refractivity contribution in [3.05, 3.63) is 102 Å². The van der Waals surface area contributed by atoms with Crippen molar-refractivity contribution in [3.8, 4) is 5.75 Å². The van der Waals surface area contributed by atoms with Crippen LogP contribution in [0.2, 0.25) is 0 Å². The van der Waals surface area contributed by atoms with Crippen molar-refractivity contribution in [2.24, 2.45) is 11.7 Å². The van der Waals surface area contributed by atoms with Crippen molar-refractivity contribution in [2.75, 3.05) is 13.1 Å². The van der Waals surface area contributed by atoms with Crippen LogP contribution < -0.4 is 21.1 Å². The fourth-order valence-electron chi connectivity index (χ4n) is 4.86. The Labute approximate surface area is 278 Å². The number of nitrogens with one attached hydrogen (secondary N) is 2. The molecule has 10 heteroatoms. The second-order valence-corrected chi connectivity index (χ2v) is 12.8. The summed E-state index contributed by atoms with van der Waals surface area (Å²) in [6.07, 6.45) is 0.0778. The Hall–Kier alpha value is -4.70. The van der Waals surface area contributed by atoms with Gasteiger partial charge in [0.15, 0.2) is 0 Å². The van der Waals surface area contributed by atoms with E-state index >= 15 is 0 Å². The van der Waals surface area contributed by atoms with Gasteiger partial charge in [-0.3, -0.25) is 19.3 Å². The summed E-state index contributed by atoms with van der Waals surface area (Å²) >= 11 is 0. The maximum Gasteiger partial charge on any atom is 0.408 e. The average molecular weight is 645 g/mol. The lowest BCUT2D eigenvalue weighted by molar-refractivity contribution is -0.147. The van der Waals surface area contributed by atoms with Gasteiger partial charge in [0.25, 0.3) is 5.91 Å².